The summed E-state index contributed by atoms with van der Waals surface area (Å²) >= 11 is 9.90. The van der Waals surface area contributed by atoms with E-state index in [1.165, 1.54) is 18.2 Å². The van der Waals surface area contributed by atoms with Crippen LogP contribution in [0.5, 0.6) is 23.0 Å². The molecule has 0 radical (unpaired) electrons. The number of phenolic OH excluding ortho intramolecular Hbond substituents is 4. The Hall–Kier alpha value is -0.920. The fourth-order valence-corrected chi connectivity index (χ4v) is 3.38. The van der Waals surface area contributed by atoms with Crippen LogP contribution in [0.4, 0.5) is 0 Å². The predicted molar refractivity (Wildman–Crippen MR) is 90.1 cm³/mol. The standard InChI is InChI=1S/C14H11Br3O4/c15-8-5-10(19)9(18)3-6(8)1-2-7-4-11(20)14(21)13(17)12(7)16/h3-5,18-21H,1-2H2. The molecule has 0 aliphatic rings. The van der Waals surface area contributed by atoms with E-state index < -0.39 is 0 Å². The van der Waals surface area contributed by atoms with Crippen molar-refractivity contribution in [1.82, 2.24) is 0 Å². The maximum atomic E-state index is 9.65. The molecule has 0 atom stereocenters. The Morgan fingerprint density at radius 1 is 0.667 bits per heavy atom. The third-order valence-electron chi connectivity index (χ3n) is 3.04. The minimum absolute atomic E-state index is 0.179. The maximum Gasteiger partial charge on any atom is 0.173 e. The van der Waals surface area contributed by atoms with Gasteiger partial charge in [-0.15, -0.1) is 0 Å². The molecule has 0 fully saturated rings. The zero-order valence-electron chi connectivity index (χ0n) is 10.6. The number of benzene rings is 2. The van der Waals surface area contributed by atoms with Crippen molar-refractivity contribution in [3.63, 3.8) is 0 Å². The molecule has 0 bridgehead atoms. The SMILES string of the molecule is Oc1cc(Br)c(CCc2cc(O)c(O)c(Br)c2Br)cc1O. The molecule has 4 N–H and O–H groups in total. The quantitative estimate of drug-likeness (QED) is 0.483. The Balaban J connectivity index is 2.27. The van der Waals surface area contributed by atoms with Crippen LogP contribution < -0.4 is 0 Å². The van der Waals surface area contributed by atoms with Gasteiger partial charge >= 0.3 is 0 Å². The molecule has 0 saturated heterocycles. The molecule has 0 amide bonds. The Kier molecular flexibility index (Phi) is 5.06. The van der Waals surface area contributed by atoms with Gasteiger partial charge in [-0.2, -0.15) is 0 Å². The van der Waals surface area contributed by atoms with E-state index in [0.29, 0.717) is 26.3 Å². The van der Waals surface area contributed by atoms with Gasteiger partial charge in [-0.3, -0.25) is 0 Å². The van der Waals surface area contributed by atoms with E-state index in [4.69, 9.17) is 0 Å². The molecule has 0 unspecified atom stereocenters. The first-order valence-corrected chi connectivity index (χ1v) is 8.28. The van der Waals surface area contributed by atoms with Gasteiger partial charge in [0.1, 0.15) is 0 Å². The first-order valence-electron chi connectivity index (χ1n) is 5.90. The van der Waals surface area contributed by atoms with E-state index in [1.807, 2.05) is 0 Å². The van der Waals surface area contributed by atoms with Crippen molar-refractivity contribution in [3.8, 4) is 23.0 Å². The second-order valence-corrected chi connectivity index (χ2v) is 6.90. The van der Waals surface area contributed by atoms with Gasteiger partial charge in [0, 0.05) is 8.95 Å². The van der Waals surface area contributed by atoms with Crippen molar-refractivity contribution in [2.45, 2.75) is 12.8 Å². The number of hydrogen-bond acceptors (Lipinski definition) is 4. The fourth-order valence-electron chi connectivity index (χ4n) is 1.89. The summed E-state index contributed by atoms with van der Waals surface area (Å²) in [5.74, 6) is -0.777. The van der Waals surface area contributed by atoms with Crippen LogP contribution in [0.15, 0.2) is 31.6 Å². The van der Waals surface area contributed by atoms with Crippen LogP contribution in [0.3, 0.4) is 0 Å². The summed E-state index contributed by atoms with van der Waals surface area (Å²) in [7, 11) is 0. The highest BCUT2D eigenvalue weighted by Crippen LogP contribution is 2.41. The van der Waals surface area contributed by atoms with E-state index in [2.05, 4.69) is 47.8 Å². The normalized spacial score (nSPS) is 10.8. The van der Waals surface area contributed by atoms with Crippen LogP contribution in [-0.4, -0.2) is 20.4 Å². The summed E-state index contributed by atoms with van der Waals surface area (Å²) in [6.07, 6.45) is 1.14. The molecule has 112 valence electrons. The number of rotatable bonds is 3. The molecule has 0 spiro atoms. The monoisotopic (exact) mass is 480 g/mol. The van der Waals surface area contributed by atoms with Crippen molar-refractivity contribution in [1.29, 1.82) is 0 Å². The molecule has 7 heteroatoms. The van der Waals surface area contributed by atoms with Crippen molar-refractivity contribution >= 4 is 47.8 Å². The van der Waals surface area contributed by atoms with E-state index in [-0.39, 0.29) is 23.0 Å². The molecule has 0 aliphatic heterocycles. The zero-order chi connectivity index (χ0) is 15.7. The van der Waals surface area contributed by atoms with Crippen LogP contribution >= 0.6 is 47.8 Å². The summed E-state index contributed by atoms with van der Waals surface area (Å²) in [6, 6.07) is 4.41. The van der Waals surface area contributed by atoms with Crippen LogP contribution in [0, 0.1) is 0 Å². The lowest BCUT2D eigenvalue weighted by molar-refractivity contribution is 0.400. The Bertz CT molecular complexity index is 701. The van der Waals surface area contributed by atoms with Gasteiger partial charge in [0.25, 0.3) is 0 Å². The highest BCUT2D eigenvalue weighted by atomic mass is 79.9. The minimum atomic E-state index is -0.214. The third kappa shape index (κ3) is 3.46. The predicted octanol–water partition coefficient (Wildman–Crippen LogP) is 4.58. The Morgan fingerprint density at radius 3 is 1.86 bits per heavy atom. The van der Waals surface area contributed by atoms with Gasteiger partial charge < -0.3 is 20.4 Å². The van der Waals surface area contributed by atoms with Crippen LogP contribution in [0.2, 0.25) is 0 Å². The van der Waals surface area contributed by atoms with E-state index in [0.717, 1.165) is 11.1 Å². The summed E-state index contributed by atoms with van der Waals surface area (Å²) in [4.78, 5) is 0. The lowest BCUT2D eigenvalue weighted by Gasteiger charge is -2.11. The van der Waals surface area contributed by atoms with E-state index >= 15 is 0 Å². The van der Waals surface area contributed by atoms with E-state index in [1.54, 1.807) is 0 Å². The number of aromatic hydroxyl groups is 4. The largest absolute Gasteiger partial charge is 0.504 e. The molecule has 2 aromatic rings. The lowest BCUT2D eigenvalue weighted by Crippen LogP contribution is -1.95. The van der Waals surface area contributed by atoms with Gasteiger partial charge in [0.2, 0.25) is 0 Å². The van der Waals surface area contributed by atoms with Gasteiger partial charge in [-0.1, -0.05) is 15.9 Å². The number of halogens is 3. The van der Waals surface area contributed by atoms with Crippen LogP contribution in [-0.2, 0) is 12.8 Å². The molecule has 0 heterocycles. The highest BCUT2D eigenvalue weighted by Gasteiger charge is 2.14. The van der Waals surface area contributed by atoms with Gasteiger partial charge in [0.05, 0.1) is 4.47 Å². The Labute approximate surface area is 146 Å². The van der Waals surface area contributed by atoms with Gasteiger partial charge in [-0.05, 0) is 74.0 Å². The molecule has 0 aromatic heterocycles. The van der Waals surface area contributed by atoms with Crippen molar-refractivity contribution in [3.05, 3.63) is 42.7 Å². The molecule has 2 rings (SSSR count). The zero-order valence-corrected chi connectivity index (χ0v) is 15.3. The number of aryl methyl sites for hydroxylation is 2. The van der Waals surface area contributed by atoms with Crippen molar-refractivity contribution in [2.75, 3.05) is 0 Å². The number of phenols is 4. The maximum absolute atomic E-state index is 9.65. The first kappa shape index (κ1) is 16.5. The third-order valence-corrected chi connectivity index (χ3v) is 5.99. The van der Waals surface area contributed by atoms with Crippen molar-refractivity contribution < 1.29 is 20.4 Å². The summed E-state index contributed by atoms with van der Waals surface area (Å²) in [5.41, 5.74) is 1.62. The molecule has 4 nitrogen and oxygen atoms in total. The average molecular weight is 483 g/mol. The van der Waals surface area contributed by atoms with Gasteiger partial charge in [0.15, 0.2) is 23.0 Å². The molecule has 0 saturated carbocycles. The lowest BCUT2D eigenvalue weighted by atomic mass is 10.0. The molecule has 0 aliphatic carbocycles. The van der Waals surface area contributed by atoms with Gasteiger partial charge in [-0.25, -0.2) is 0 Å². The van der Waals surface area contributed by atoms with Crippen LogP contribution in [0.25, 0.3) is 0 Å². The Morgan fingerprint density at radius 2 is 1.19 bits per heavy atom. The first-order chi connectivity index (χ1) is 9.81. The minimum Gasteiger partial charge on any atom is -0.504 e. The number of hydrogen-bond donors (Lipinski definition) is 4. The molecular weight excluding hydrogens is 472 g/mol. The average Bonchev–Trinajstić information content (AvgIpc) is 2.44. The highest BCUT2D eigenvalue weighted by molar-refractivity contribution is 9.13. The second kappa shape index (κ2) is 6.46. The van der Waals surface area contributed by atoms with Crippen molar-refractivity contribution in [2.24, 2.45) is 0 Å². The van der Waals surface area contributed by atoms with E-state index in [9.17, 15) is 20.4 Å². The summed E-state index contributed by atoms with van der Waals surface area (Å²) in [6.45, 7) is 0. The molecule has 21 heavy (non-hydrogen) atoms. The van der Waals surface area contributed by atoms with Crippen LogP contribution in [0.1, 0.15) is 11.1 Å². The fraction of sp³-hybridized carbons (Fsp3) is 0.143. The summed E-state index contributed by atoms with van der Waals surface area (Å²) in [5, 5.41) is 38.2. The second-order valence-electron chi connectivity index (χ2n) is 4.46. The molecule has 2 aromatic carbocycles. The molecular formula is C14H11Br3O4. The smallest absolute Gasteiger partial charge is 0.173 e. The topological polar surface area (TPSA) is 80.9 Å². The summed E-state index contributed by atoms with van der Waals surface area (Å²) < 4.78 is 1.75.